The number of fused-ring (bicyclic) bond motifs is 3. The van der Waals surface area contributed by atoms with Crippen LogP contribution in [0.2, 0.25) is 0 Å². The Hall–Kier alpha value is -1.06. The molecule has 2 heterocycles. The summed E-state index contributed by atoms with van der Waals surface area (Å²) < 4.78 is 10.2. The normalized spacial score (nSPS) is 35.1. The van der Waals surface area contributed by atoms with Gasteiger partial charge in [0, 0.05) is 5.92 Å². The molecule has 2 saturated heterocycles. The van der Waals surface area contributed by atoms with Gasteiger partial charge in [-0.3, -0.25) is 9.59 Å². The van der Waals surface area contributed by atoms with Gasteiger partial charge in [-0.2, -0.15) is 0 Å². The molecule has 0 aromatic carbocycles. The molecule has 5 aliphatic rings. The molecule has 4 nitrogen and oxygen atoms in total. The van der Waals surface area contributed by atoms with Gasteiger partial charge in [0.15, 0.2) is 0 Å². The summed E-state index contributed by atoms with van der Waals surface area (Å²) in [6.07, 6.45) is 8.51. The average molecular weight is 385 g/mol. The number of carbonyl (C=O) groups excluding carboxylic acids is 2. The maximum absolute atomic E-state index is 11.1. The van der Waals surface area contributed by atoms with E-state index >= 15 is 0 Å². The van der Waals surface area contributed by atoms with Crippen molar-refractivity contribution in [3.8, 4) is 0 Å². The van der Waals surface area contributed by atoms with E-state index in [-0.39, 0.29) is 24.0 Å². The average Bonchev–Trinajstić information content (AvgIpc) is 3.44. The minimum atomic E-state index is 0.0532. The second kappa shape index (κ2) is 14.0. The van der Waals surface area contributed by atoms with E-state index in [1.807, 2.05) is 55.4 Å². The van der Waals surface area contributed by atoms with Gasteiger partial charge in [0.1, 0.15) is 12.2 Å². The summed E-state index contributed by atoms with van der Waals surface area (Å²) in [5, 5.41) is 0. The van der Waals surface area contributed by atoms with Crippen molar-refractivity contribution in [2.75, 3.05) is 0 Å². The first kappa shape index (κ1) is 25.9. The molecule has 6 atom stereocenters. The number of rotatable bonds is 0. The standard InChI is InChI=1S/C8H10O2.C7H10O2.4C2H6/c9-8-6-2-4-1-5(6)7(3-4)10-8;8-7-5-2-1-3-6(4-5)9-7;4*1-2/h4-7H,1-3H2;5-6H,1-4H2;4*1-2H3. The third-order valence-corrected chi connectivity index (χ3v) is 5.57. The molecule has 27 heavy (non-hydrogen) atoms. The highest BCUT2D eigenvalue weighted by atomic mass is 16.6. The van der Waals surface area contributed by atoms with Gasteiger partial charge in [0.25, 0.3) is 0 Å². The van der Waals surface area contributed by atoms with Gasteiger partial charge in [0.2, 0.25) is 0 Å². The number of hydrogen-bond donors (Lipinski definition) is 0. The van der Waals surface area contributed by atoms with Gasteiger partial charge < -0.3 is 9.47 Å². The topological polar surface area (TPSA) is 52.6 Å². The SMILES string of the molecule is CC.CC.CC.CC.O=C1OC2CC3CC1C2C3.O=C1OC2CCCC1C2. The summed E-state index contributed by atoms with van der Waals surface area (Å²) in [6, 6.07) is 0. The molecule has 4 bridgehead atoms. The van der Waals surface area contributed by atoms with Gasteiger partial charge in [-0.25, -0.2) is 0 Å². The molecule has 3 saturated carbocycles. The molecule has 0 amide bonds. The Bertz CT molecular complexity index is 419. The molecule has 4 heteroatoms. The van der Waals surface area contributed by atoms with Crippen LogP contribution < -0.4 is 0 Å². The monoisotopic (exact) mass is 384 g/mol. The number of esters is 2. The lowest BCUT2D eigenvalue weighted by Crippen LogP contribution is -2.15. The fourth-order valence-corrected chi connectivity index (χ4v) is 4.66. The predicted octanol–water partition coefficient (Wildman–Crippen LogP) is 6.16. The van der Waals surface area contributed by atoms with Gasteiger partial charge in [0.05, 0.1) is 11.8 Å². The van der Waals surface area contributed by atoms with Crippen LogP contribution in [-0.4, -0.2) is 24.1 Å². The second-order valence-electron chi connectivity index (χ2n) is 6.74. The highest BCUT2D eigenvalue weighted by Gasteiger charge is 2.56. The molecule has 0 spiro atoms. The maximum Gasteiger partial charge on any atom is 0.309 e. The Morgan fingerprint density at radius 3 is 1.78 bits per heavy atom. The fraction of sp³-hybridized carbons (Fsp3) is 0.913. The van der Waals surface area contributed by atoms with Crippen LogP contribution in [0.25, 0.3) is 0 Å². The van der Waals surface area contributed by atoms with E-state index in [0.717, 1.165) is 38.0 Å². The van der Waals surface area contributed by atoms with Gasteiger partial charge in [-0.15, -0.1) is 0 Å². The molecule has 5 rings (SSSR count). The lowest BCUT2D eigenvalue weighted by atomic mass is 9.90. The van der Waals surface area contributed by atoms with Crippen LogP contribution in [-0.2, 0) is 19.1 Å². The highest BCUT2D eigenvalue weighted by Crippen LogP contribution is 2.54. The van der Waals surface area contributed by atoms with E-state index < -0.39 is 0 Å². The third-order valence-electron chi connectivity index (χ3n) is 5.57. The van der Waals surface area contributed by atoms with Crippen molar-refractivity contribution in [3.63, 3.8) is 0 Å². The van der Waals surface area contributed by atoms with E-state index in [0.29, 0.717) is 17.9 Å². The summed E-state index contributed by atoms with van der Waals surface area (Å²) in [5.41, 5.74) is 0. The Kier molecular flexibility index (Phi) is 13.5. The fourth-order valence-electron chi connectivity index (χ4n) is 4.66. The minimum Gasteiger partial charge on any atom is -0.462 e. The molecule has 6 unspecified atom stereocenters. The summed E-state index contributed by atoms with van der Waals surface area (Å²) in [5.74, 6) is 2.17. The van der Waals surface area contributed by atoms with Crippen LogP contribution in [0.4, 0.5) is 0 Å². The van der Waals surface area contributed by atoms with Gasteiger partial charge in [-0.05, 0) is 50.9 Å². The van der Waals surface area contributed by atoms with Crippen LogP contribution in [0.3, 0.4) is 0 Å². The first-order valence-corrected chi connectivity index (χ1v) is 11.6. The molecule has 2 aliphatic heterocycles. The lowest BCUT2D eigenvalue weighted by Gasteiger charge is -2.12. The van der Waals surface area contributed by atoms with Crippen molar-refractivity contribution in [2.45, 2.75) is 113 Å². The largest absolute Gasteiger partial charge is 0.462 e. The van der Waals surface area contributed by atoms with E-state index in [1.165, 1.54) is 12.8 Å². The van der Waals surface area contributed by atoms with Crippen molar-refractivity contribution in [3.05, 3.63) is 0 Å². The minimum absolute atomic E-state index is 0.0532. The summed E-state index contributed by atoms with van der Waals surface area (Å²) in [6.45, 7) is 16.0. The summed E-state index contributed by atoms with van der Waals surface area (Å²) >= 11 is 0. The van der Waals surface area contributed by atoms with Crippen molar-refractivity contribution >= 4 is 11.9 Å². The van der Waals surface area contributed by atoms with Crippen LogP contribution in [0.1, 0.15) is 100 Å². The van der Waals surface area contributed by atoms with Crippen molar-refractivity contribution in [1.82, 2.24) is 0 Å². The van der Waals surface area contributed by atoms with Crippen LogP contribution in [0.15, 0.2) is 0 Å². The number of carbonyl (C=O) groups is 2. The lowest BCUT2D eigenvalue weighted by molar-refractivity contribution is -0.144. The zero-order valence-electron chi connectivity index (χ0n) is 19.0. The Labute approximate surface area is 167 Å². The second-order valence-corrected chi connectivity index (χ2v) is 6.74. The van der Waals surface area contributed by atoms with Crippen LogP contribution >= 0.6 is 0 Å². The summed E-state index contributed by atoms with van der Waals surface area (Å²) in [7, 11) is 0. The van der Waals surface area contributed by atoms with Crippen molar-refractivity contribution < 1.29 is 19.1 Å². The Morgan fingerprint density at radius 2 is 1.33 bits per heavy atom. The molecule has 160 valence electrons. The zero-order valence-corrected chi connectivity index (χ0v) is 19.0. The molecule has 0 aromatic rings. The molecule has 0 aromatic heterocycles. The molecule has 0 radical (unpaired) electrons. The molecule has 0 N–H and O–H groups in total. The van der Waals surface area contributed by atoms with Crippen LogP contribution in [0.5, 0.6) is 0 Å². The highest BCUT2D eigenvalue weighted by molar-refractivity contribution is 5.76. The van der Waals surface area contributed by atoms with Crippen molar-refractivity contribution in [2.24, 2.45) is 23.7 Å². The van der Waals surface area contributed by atoms with E-state index in [2.05, 4.69) is 0 Å². The first-order valence-electron chi connectivity index (χ1n) is 11.6. The molecule has 5 fully saturated rings. The van der Waals surface area contributed by atoms with Gasteiger partial charge >= 0.3 is 11.9 Å². The van der Waals surface area contributed by atoms with Crippen LogP contribution in [0, 0.1) is 23.7 Å². The number of ether oxygens (including phenoxy) is 2. The van der Waals surface area contributed by atoms with E-state index in [1.54, 1.807) is 0 Å². The first-order chi connectivity index (χ1) is 13.2. The number of hydrogen-bond acceptors (Lipinski definition) is 4. The van der Waals surface area contributed by atoms with Crippen molar-refractivity contribution in [1.29, 1.82) is 0 Å². The smallest absolute Gasteiger partial charge is 0.309 e. The summed E-state index contributed by atoms with van der Waals surface area (Å²) in [4.78, 5) is 21.9. The predicted molar refractivity (Wildman–Crippen MR) is 111 cm³/mol. The Balaban J connectivity index is 0.000000370. The van der Waals surface area contributed by atoms with E-state index in [9.17, 15) is 9.59 Å². The molecule has 3 aliphatic carbocycles. The molecular formula is C23H44O4. The van der Waals surface area contributed by atoms with Gasteiger partial charge in [-0.1, -0.05) is 55.4 Å². The zero-order chi connectivity index (χ0) is 21.0. The Morgan fingerprint density at radius 1 is 0.704 bits per heavy atom. The quantitative estimate of drug-likeness (QED) is 0.469. The third kappa shape index (κ3) is 6.50. The molecular weight excluding hydrogens is 340 g/mol. The van der Waals surface area contributed by atoms with E-state index in [4.69, 9.17) is 9.47 Å². The maximum atomic E-state index is 11.1.